The van der Waals surface area contributed by atoms with Gasteiger partial charge in [-0.3, -0.25) is 9.00 Å². The third-order valence-electron chi connectivity index (χ3n) is 7.09. The quantitative estimate of drug-likeness (QED) is 0.138. The molecule has 0 spiro atoms. The van der Waals surface area contributed by atoms with Crippen molar-refractivity contribution < 1.29 is 27.0 Å². The summed E-state index contributed by atoms with van der Waals surface area (Å²) in [6.07, 6.45) is 1.56. The second kappa shape index (κ2) is 14.2. The number of hydrogen-bond acceptors (Lipinski definition) is 5. The number of hydrogen-bond donors (Lipinski definition) is 0. The highest BCUT2D eigenvalue weighted by Gasteiger charge is 2.27. The van der Waals surface area contributed by atoms with Crippen LogP contribution in [0.3, 0.4) is 0 Å². The molecule has 1 aromatic heterocycles. The van der Waals surface area contributed by atoms with Crippen molar-refractivity contribution in [3.63, 3.8) is 0 Å². The Balaban J connectivity index is 1.74. The van der Waals surface area contributed by atoms with Gasteiger partial charge in [0.15, 0.2) is 11.6 Å². The van der Waals surface area contributed by atoms with Crippen LogP contribution in [0.4, 0.5) is 8.78 Å². The molecule has 0 amide bonds. The molecule has 0 bridgehead atoms. The largest absolute Gasteiger partial charge is 0.760 e. The first-order chi connectivity index (χ1) is 21.7. The number of halogens is 3. The molecule has 0 aliphatic rings. The summed E-state index contributed by atoms with van der Waals surface area (Å²) in [4.78, 5) is 12.6. The van der Waals surface area contributed by atoms with Gasteiger partial charge in [-0.25, -0.2) is 13.1 Å². The zero-order chi connectivity index (χ0) is 32.1. The Morgan fingerprint density at radius 3 is 2.29 bits per heavy atom. The fourth-order valence-corrected chi connectivity index (χ4v) is 5.82. The van der Waals surface area contributed by atoms with Gasteiger partial charge in [-0.15, -0.1) is 0 Å². The van der Waals surface area contributed by atoms with Gasteiger partial charge in [-0.2, -0.15) is 0 Å². The maximum atomic E-state index is 14.7. The average Bonchev–Trinajstić information content (AvgIpc) is 3.02. The molecule has 0 aliphatic heterocycles. The molecule has 0 N–H and O–H groups in total. The van der Waals surface area contributed by atoms with E-state index in [0.29, 0.717) is 38.9 Å². The average molecular weight is 650 g/mol. The second-order valence-electron chi connectivity index (χ2n) is 10.1. The summed E-state index contributed by atoms with van der Waals surface area (Å²) in [5, 5.41) is 0.414. The van der Waals surface area contributed by atoms with Gasteiger partial charge in [0.1, 0.15) is 17.3 Å². The molecule has 1 heterocycles. The number of benzene rings is 4. The first-order valence-corrected chi connectivity index (χ1v) is 15.3. The molecule has 0 fully saturated rings. The Labute approximate surface area is 266 Å². The first-order valence-electron chi connectivity index (χ1n) is 13.9. The number of pyridine rings is 1. The Kier molecular flexibility index (Phi) is 10.1. The van der Waals surface area contributed by atoms with E-state index in [1.165, 1.54) is 21.0 Å². The minimum Gasteiger partial charge on any atom is -0.760 e. The van der Waals surface area contributed by atoms with E-state index in [1.807, 2.05) is 18.2 Å². The third kappa shape index (κ3) is 7.32. The summed E-state index contributed by atoms with van der Waals surface area (Å²) >= 11 is 3.72. The fraction of sp³-hybridized carbons (Fsp3) is 0.147. The van der Waals surface area contributed by atoms with E-state index in [1.54, 1.807) is 74.8 Å². The zero-order valence-electron chi connectivity index (χ0n) is 24.3. The van der Waals surface area contributed by atoms with E-state index in [0.717, 1.165) is 6.07 Å². The molecule has 2 atom stereocenters. The van der Waals surface area contributed by atoms with Crippen LogP contribution >= 0.6 is 11.6 Å². The van der Waals surface area contributed by atoms with Crippen LogP contribution in [0, 0.1) is 11.6 Å². The van der Waals surface area contributed by atoms with Crippen molar-refractivity contribution in [2.75, 3.05) is 6.61 Å². The number of nitrogens with zero attached hydrogens (tertiary/aromatic N) is 2. The SMILES string of the molecule is CCOc1cc(=O)n(C)cc1-c1cc(C(c2ccccc2)N(Cc2ccccc2Cl)S(=O)[O-])ccc1Oc1ccc(F)cc1F. The minimum atomic E-state index is -2.71. The Morgan fingerprint density at radius 1 is 0.889 bits per heavy atom. The molecular weight excluding hydrogens is 622 g/mol. The van der Waals surface area contributed by atoms with Crippen LogP contribution in [0.2, 0.25) is 5.02 Å². The Bertz CT molecular complexity index is 1900. The van der Waals surface area contributed by atoms with E-state index in [2.05, 4.69) is 0 Å². The molecule has 0 saturated heterocycles. The first kappa shape index (κ1) is 32.1. The normalized spacial score (nSPS) is 12.6. The number of rotatable bonds is 11. The Morgan fingerprint density at radius 2 is 1.60 bits per heavy atom. The van der Waals surface area contributed by atoms with Gasteiger partial charge in [0.2, 0.25) is 0 Å². The predicted octanol–water partition coefficient (Wildman–Crippen LogP) is 7.56. The summed E-state index contributed by atoms with van der Waals surface area (Å²) < 4.78 is 68.6. The lowest BCUT2D eigenvalue weighted by atomic mass is 9.94. The zero-order valence-corrected chi connectivity index (χ0v) is 25.9. The van der Waals surface area contributed by atoms with E-state index in [4.69, 9.17) is 21.1 Å². The molecule has 0 saturated carbocycles. The molecule has 5 rings (SSSR count). The number of aromatic nitrogens is 1. The van der Waals surface area contributed by atoms with Gasteiger partial charge in [-0.05, 0) is 53.9 Å². The van der Waals surface area contributed by atoms with Gasteiger partial charge in [0.05, 0.1) is 12.6 Å². The van der Waals surface area contributed by atoms with Crippen molar-refractivity contribution >= 4 is 22.9 Å². The fourth-order valence-electron chi connectivity index (χ4n) is 4.97. The lowest BCUT2D eigenvalue weighted by Gasteiger charge is -2.34. The molecule has 0 radical (unpaired) electrons. The molecule has 232 valence electrons. The Hall–Kier alpha value is -4.35. The summed E-state index contributed by atoms with van der Waals surface area (Å²) in [6.45, 7) is 1.98. The molecule has 4 aromatic carbocycles. The highest BCUT2D eigenvalue weighted by Crippen LogP contribution is 2.42. The van der Waals surface area contributed by atoms with Crippen molar-refractivity contribution in [1.29, 1.82) is 0 Å². The molecule has 45 heavy (non-hydrogen) atoms. The molecule has 7 nitrogen and oxygen atoms in total. The molecule has 11 heteroatoms. The van der Waals surface area contributed by atoms with Crippen LogP contribution in [-0.2, 0) is 24.9 Å². The molecule has 5 aromatic rings. The summed E-state index contributed by atoms with van der Waals surface area (Å²) in [5.41, 5.74) is 2.31. The highest BCUT2D eigenvalue weighted by atomic mass is 35.5. The van der Waals surface area contributed by atoms with Crippen LogP contribution in [0.5, 0.6) is 17.2 Å². The van der Waals surface area contributed by atoms with Crippen molar-refractivity contribution in [3.8, 4) is 28.4 Å². The summed E-state index contributed by atoms with van der Waals surface area (Å²) in [7, 11) is 1.57. The lowest BCUT2D eigenvalue weighted by Crippen LogP contribution is -2.31. The van der Waals surface area contributed by atoms with Gasteiger partial charge in [-0.1, -0.05) is 66.2 Å². The standard InChI is InChI=1S/C34H29ClF2N2O5S/c1-3-43-32-19-33(40)38(2)21-27(32)26-17-23(13-15-30(26)44-31-16-14-25(36)18-29(31)37)34(22-9-5-4-6-10-22)39(45(41)42)20-24-11-7-8-12-28(24)35/h4-19,21,34H,3,20H2,1-2H3,(H,41,42)/p-1. The molecule has 0 aliphatic carbocycles. The molecular formula is C34H28ClF2N2O5S-. The van der Waals surface area contributed by atoms with E-state index in [-0.39, 0.29) is 36.0 Å². The maximum Gasteiger partial charge on any atom is 0.254 e. The van der Waals surface area contributed by atoms with Gasteiger partial charge in [0.25, 0.3) is 5.56 Å². The van der Waals surface area contributed by atoms with E-state index < -0.39 is 28.9 Å². The minimum absolute atomic E-state index is 0.0340. The highest BCUT2D eigenvalue weighted by molar-refractivity contribution is 7.76. The maximum absolute atomic E-state index is 14.7. The van der Waals surface area contributed by atoms with Gasteiger partial charge < -0.3 is 18.6 Å². The molecule has 2 unspecified atom stereocenters. The smallest absolute Gasteiger partial charge is 0.254 e. The van der Waals surface area contributed by atoms with Gasteiger partial charge in [0, 0.05) is 59.3 Å². The van der Waals surface area contributed by atoms with Crippen LogP contribution in [0.25, 0.3) is 11.1 Å². The van der Waals surface area contributed by atoms with Crippen LogP contribution in [-0.4, -0.2) is 24.2 Å². The van der Waals surface area contributed by atoms with Crippen molar-refractivity contribution in [2.24, 2.45) is 7.05 Å². The number of ether oxygens (including phenoxy) is 2. The topological polar surface area (TPSA) is 83.8 Å². The predicted molar refractivity (Wildman–Crippen MR) is 169 cm³/mol. The third-order valence-corrected chi connectivity index (χ3v) is 8.18. The van der Waals surface area contributed by atoms with Crippen LogP contribution < -0.4 is 15.0 Å². The second-order valence-corrected chi connectivity index (χ2v) is 11.4. The summed E-state index contributed by atoms with van der Waals surface area (Å²) in [5.74, 6) is -1.49. The van der Waals surface area contributed by atoms with Crippen molar-refractivity contribution in [3.05, 3.63) is 147 Å². The summed E-state index contributed by atoms with van der Waals surface area (Å²) in [6, 6.07) is 24.5. The van der Waals surface area contributed by atoms with Crippen LogP contribution in [0.1, 0.15) is 29.7 Å². The van der Waals surface area contributed by atoms with Gasteiger partial charge >= 0.3 is 0 Å². The van der Waals surface area contributed by atoms with E-state index in [9.17, 15) is 22.3 Å². The number of aryl methyl sites for hydroxylation is 1. The van der Waals surface area contributed by atoms with Crippen molar-refractivity contribution in [2.45, 2.75) is 19.5 Å². The van der Waals surface area contributed by atoms with E-state index >= 15 is 0 Å². The monoisotopic (exact) mass is 649 g/mol. The van der Waals surface area contributed by atoms with Crippen molar-refractivity contribution in [1.82, 2.24) is 8.87 Å². The van der Waals surface area contributed by atoms with Crippen LogP contribution in [0.15, 0.2) is 108 Å². The lowest BCUT2D eigenvalue weighted by molar-refractivity contribution is 0.337.